The van der Waals surface area contributed by atoms with Crippen molar-refractivity contribution in [1.82, 2.24) is 14.9 Å². The summed E-state index contributed by atoms with van der Waals surface area (Å²) in [6, 6.07) is 15.3. The second-order valence-electron chi connectivity index (χ2n) is 11.2. The molecule has 1 aromatic heterocycles. The molecule has 3 aromatic rings. The van der Waals surface area contributed by atoms with Crippen molar-refractivity contribution in [2.45, 2.75) is 76.8 Å². The average Bonchev–Trinajstić information content (AvgIpc) is 3.23. The van der Waals surface area contributed by atoms with E-state index in [-0.39, 0.29) is 12.0 Å². The van der Waals surface area contributed by atoms with Crippen molar-refractivity contribution < 1.29 is 9.90 Å². The summed E-state index contributed by atoms with van der Waals surface area (Å²) in [5.74, 6) is 1.44. The van der Waals surface area contributed by atoms with Crippen LogP contribution in [-0.2, 0) is 12.8 Å². The van der Waals surface area contributed by atoms with E-state index in [2.05, 4.69) is 53.2 Å². The van der Waals surface area contributed by atoms with Gasteiger partial charge in [0.1, 0.15) is 5.82 Å². The Balaban J connectivity index is 1.44. The first kappa shape index (κ1) is 22.6. The van der Waals surface area contributed by atoms with Gasteiger partial charge in [0, 0.05) is 36.7 Å². The smallest absolute Gasteiger partial charge is 0.412 e. The van der Waals surface area contributed by atoms with Crippen LogP contribution in [-0.4, -0.2) is 39.9 Å². The molecule has 3 heterocycles. The summed E-state index contributed by atoms with van der Waals surface area (Å²) in [6.45, 7) is 6.63. The number of nitrogens with zero attached hydrogens (tertiary/aromatic N) is 3. The Morgan fingerprint density at radius 3 is 2.54 bits per heavy atom. The molecule has 6 rings (SSSR count). The van der Waals surface area contributed by atoms with Crippen molar-refractivity contribution in [2.24, 2.45) is 5.41 Å². The van der Waals surface area contributed by atoms with Gasteiger partial charge < -0.3 is 15.0 Å². The second-order valence-corrected chi connectivity index (χ2v) is 11.2. The lowest BCUT2D eigenvalue weighted by molar-refractivity contribution is 0.0842. The molecule has 2 N–H and O–H groups in total. The van der Waals surface area contributed by atoms with E-state index in [1.54, 1.807) is 4.90 Å². The molecule has 1 aliphatic carbocycles. The number of imidazole rings is 1. The minimum absolute atomic E-state index is 0.0124. The highest BCUT2D eigenvalue weighted by molar-refractivity contribution is 5.94. The van der Waals surface area contributed by atoms with Gasteiger partial charge in [0.05, 0.1) is 16.7 Å². The minimum Gasteiger partial charge on any atom is -0.465 e. The molecular formula is C29H36N4O2. The van der Waals surface area contributed by atoms with Crippen LogP contribution in [0, 0.1) is 5.41 Å². The van der Waals surface area contributed by atoms with Crippen LogP contribution in [0.4, 0.5) is 10.5 Å². The van der Waals surface area contributed by atoms with Crippen LogP contribution >= 0.6 is 0 Å². The quantitative estimate of drug-likeness (QED) is 0.495. The summed E-state index contributed by atoms with van der Waals surface area (Å²) >= 11 is 0. The van der Waals surface area contributed by atoms with Gasteiger partial charge in [0.25, 0.3) is 0 Å². The van der Waals surface area contributed by atoms with Crippen LogP contribution in [0.2, 0.25) is 0 Å². The largest absolute Gasteiger partial charge is 0.465 e. The Morgan fingerprint density at radius 1 is 1.14 bits per heavy atom. The summed E-state index contributed by atoms with van der Waals surface area (Å²) in [5, 5.41) is 13.4. The fourth-order valence-electron chi connectivity index (χ4n) is 6.80. The zero-order chi connectivity index (χ0) is 24.2. The molecule has 2 aliphatic heterocycles. The Kier molecular flexibility index (Phi) is 5.59. The van der Waals surface area contributed by atoms with E-state index in [0.717, 1.165) is 41.9 Å². The molecule has 35 heavy (non-hydrogen) atoms. The van der Waals surface area contributed by atoms with Crippen LogP contribution in [0.1, 0.15) is 74.9 Å². The Labute approximate surface area is 207 Å². The summed E-state index contributed by atoms with van der Waals surface area (Å²) < 4.78 is 2.55. The summed E-state index contributed by atoms with van der Waals surface area (Å²) in [6.07, 6.45) is 6.70. The summed E-state index contributed by atoms with van der Waals surface area (Å²) in [5.41, 5.74) is 5.96. The number of anilines is 1. The van der Waals surface area contributed by atoms with E-state index in [1.165, 1.54) is 49.9 Å². The fraction of sp³-hybridized carbons (Fsp3) is 0.517. The number of carbonyl (C=O) groups is 1. The lowest BCUT2D eigenvalue weighted by atomic mass is 9.68. The molecule has 1 saturated carbocycles. The Hall–Kier alpha value is -2.86. The van der Waals surface area contributed by atoms with Crippen molar-refractivity contribution in [3.63, 3.8) is 0 Å². The van der Waals surface area contributed by atoms with Crippen LogP contribution in [0.3, 0.4) is 0 Å². The predicted molar refractivity (Wildman–Crippen MR) is 139 cm³/mol. The number of hydrogen-bond donors (Lipinski definition) is 2. The molecule has 3 aliphatic rings. The van der Waals surface area contributed by atoms with E-state index in [0.29, 0.717) is 11.5 Å². The van der Waals surface area contributed by atoms with E-state index in [9.17, 15) is 9.90 Å². The van der Waals surface area contributed by atoms with Crippen LogP contribution in [0.5, 0.6) is 0 Å². The number of rotatable bonds is 4. The molecule has 0 radical (unpaired) electrons. The molecule has 0 bridgehead atoms. The molecule has 184 valence electrons. The maximum absolute atomic E-state index is 12.1. The standard InChI is InChI=1S/C29H36N4O2/c1-19(16-21-6-4-3-5-7-21)27-31-26-23-9-8-20(2)32(28(34)35)24(23)10-11-25(26)33(27)22-12-14-29(15-13-22)17-30-18-29/h3-7,10-11,19-20,22,30H,8-9,12-18H2,1-2H3,(H,34,35)/t19-,20+/m1/s1. The Bertz CT molecular complexity index is 1240. The number of aromatic nitrogens is 2. The summed E-state index contributed by atoms with van der Waals surface area (Å²) in [7, 11) is 0. The molecule has 1 saturated heterocycles. The van der Waals surface area contributed by atoms with Gasteiger partial charge in [-0.3, -0.25) is 4.90 Å². The van der Waals surface area contributed by atoms with E-state index in [1.807, 2.05) is 13.0 Å². The van der Waals surface area contributed by atoms with E-state index < -0.39 is 6.09 Å². The molecule has 0 unspecified atom stereocenters. The number of amides is 1. The molecule has 1 amide bonds. The zero-order valence-electron chi connectivity index (χ0n) is 20.8. The third-order valence-corrected chi connectivity index (χ3v) is 8.89. The molecule has 6 nitrogen and oxygen atoms in total. The lowest BCUT2D eigenvalue weighted by Crippen LogP contribution is -2.54. The Morgan fingerprint density at radius 2 is 1.89 bits per heavy atom. The number of carboxylic acid groups (broad SMARTS) is 1. The van der Waals surface area contributed by atoms with Gasteiger partial charge in [-0.2, -0.15) is 0 Å². The summed E-state index contributed by atoms with van der Waals surface area (Å²) in [4.78, 5) is 18.9. The van der Waals surface area contributed by atoms with E-state index >= 15 is 0 Å². The number of hydrogen-bond acceptors (Lipinski definition) is 3. The highest BCUT2D eigenvalue weighted by atomic mass is 16.4. The molecule has 2 aromatic carbocycles. The average molecular weight is 473 g/mol. The maximum atomic E-state index is 12.1. The SMILES string of the molecule is C[C@H](Cc1ccccc1)c1nc2c3c(ccc2n1C1CCC2(CC1)CNC2)N(C(=O)O)[C@@H](C)CC3. The van der Waals surface area contributed by atoms with Crippen molar-refractivity contribution in [3.8, 4) is 0 Å². The maximum Gasteiger partial charge on any atom is 0.412 e. The first-order valence-corrected chi connectivity index (χ1v) is 13.3. The molecular weight excluding hydrogens is 436 g/mol. The third kappa shape index (κ3) is 3.83. The van der Waals surface area contributed by atoms with Gasteiger partial charge in [0.15, 0.2) is 0 Å². The fourth-order valence-corrected chi connectivity index (χ4v) is 6.80. The monoisotopic (exact) mass is 472 g/mol. The van der Waals surface area contributed by atoms with Crippen molar-refractivity contribution >= 4 is 22.8 Å². The zero-order valence-corrected chi connectivity index (χ0v) is 20.8. The van der Waals surface area contributed by atoms with Gasteiger partial charge in [-0.15, -0.1) is 0 Å². The van der Waals surface area contributed by atoms with E-state index in [4.69, 9.17) is 4.98 Å². The predicted octanol–water partition coefficient (Wildman–Crippen LogP) is 5.91. The van der Waals surface area contributed by atoms with Crippen molar-refractivity contribution in [3.05, 3.63) is 59.4 Å². The van der Waals surface area contributed by atoms with Crippen LogP contribution in [0.15, 0.2) is 42.5 Å². The number of fused-ring (bicyclic) bond motifs is 3. The third-order valence-electron chi connectivity index (χ3n) is 8.89. The topological polar surface area (TPSA) is 70.4 Å². The highest BCUT2D eigenvalue weighted by Gasteiger charge is 2.41. The second kappa shape index (κ2) is 8.66. The number of aryl methyl sites for hydroxylation is 1. The molecule has 1 spiro atoms. The highest BCUT2D eigenvalue weighted by Crippen LogP contribution is 2.46. The normalized spacial score (nSPS) is 22.7. The molecule has 6 heteroatoms. The van der Waals surface area contributed by atoms with Crippen molar-refractivity contribution in [2.75, 3.05) is 18.0 Å². The lowest BCUT2D eigenvalue weighted by Gasteiger charge is -2.48. The first-order valence-electron chi connectivity index (χ1n) is 13.3. The number of benzene rings is 2. The van der Waals surface area contributed by atoms with Gasteiger partial charge >= 0.3 is 6.09 Å². The van der Waals surface area contributed by atoms with Crippen LogP contribution < -0.4 is 10.2 Å². The van der Waals surface area contributed by atoms with Gasteiger partial charge in [-0.1, -0.05) is 37.3 Å². The van der Waals surface area contributed by atoms with Crippen LogP contribution in [0.25, 0.3) is 11.0 Å². The van der Waals surface area contributed by atoms with Crippen molar-refractivity contribution in [1.29, 1.82) is 0 Å². The number of nitrogens with one attached hydrogen (secondary N) is 1. The van der Waals surface area contributed by atoms with Gasteiger partial charge in [0.2, 0.25) is 0 Å². The molecule has 2 atom stereocenters. The van der Waals surface area contributed by atoms with Gasteiger partial charge in [-0.05, 0) is 75.0 Å². The van der Waals surface area contributed by atoms with Gasteiger partial charge in [-0.25, -0.2) is 9.78 Å². The first-order chi connectivity index (χ1) is 17.0. The minimum atomic E-state index is -0.874. The molecule has 2 fully saturated rings.